The first-order chi connectivity index (χ1) is 6.56. The maximum Gasteiger partial charge on any atom is 0.328 e. The second-order valence-corrected chi connectivity index (χ2v) is 3.39. The van der Waals surface area contributed by atoms with Gasteiger partial charge in [0.15, 0.2) is 0 Å². The van der Waals surface area contributed by atoms with Crippen LogP contribution in [-0.4, -0.2) is 9.55 Å². The fourth-order valence-electron chi connectivity index (χ4n) is 1.07. The van der Waals surface area contributed by atoms with Crippen molar-refractivity contribution in [1.82, 2.24) is 9.55 Å². The molecule has 0 bridgehead atoms. The lowest BCUT2D eigenvalue weighted by atomic mass is 10.3. The number of aromatic amines is 1. The van der Waals surface area contributed by atoms with Crippen molar-refractivity contribution in [1.29, 1.82) is 0 Å². The number of nitrogens with zero attached hydrogens (tertiary/aromatic N) is 1. The minimum Gasteiger partial charge on any atom is -0.297 e. The monoisotopic (exact) mass is 214 g/mol. The van der Waals surface area contributed by atoms with Crippen LogP contribution < -0.4 is 11.2 Å². The van der Waals surface area contributed by atoms with Gasteiger partial charge in [-0.2, -0.15) is 0 Å². The van der Waals surface area contributed by atoms with Crippen molar-refractivity contribution in [2.45, 2.75) is 19.9 Å². The Morgan fingerprint density at radius 3 is 2.64 bits per heavy atom. The Hall–Kier alpha value is -1.29. The van der Waals surface area contributed by atoms with E-state index in [9.17, 15) is 9.59 Å². The molecule has 1 heterocycles. The van der Waals surface area contributed by atoms with Gasteiger partial charge in [-0.1, -0.05) is 11.6 Å². The van der Waals surface area contributed by atoms with Crippen LogP contribution in [0.4, 0.5) is 0 Å². The van der Waals surface area contributed by atoms with Crippen LogP contribution in [0.1, 0.15) is 25.5 Å². The van der Waals surface area contributed by atoms with Crippen LogP contribution in [0.15, 0.2) is 21.3 Å². The second-order valence-electron chi connectivity index (χ2n) is 3.14. The molecule has 76 valence electrons. The molecule has 0 saturated carbocycles. The molecule has 0 aliphatic carbocycles. The summed E-state index contributed by atoms with van der Waals surface area (Å²) in [7, 11) is 0. The predicted octanol–water partition coefficient (Wildman–Crippen LogP) is 1.33. The number of hydrogen-bond donors (Lipinski definition) is 1. The number of hydrogen-bond acceptors (Lipinski definition) is 2. The Bertz CT molecular complexity index is 457. The van der Waals surface area contributed by atoms with E-state index in [1.807, 2.05) is 13.8 Å². The number of rotatable bonds is 2. The molecular weight excluding hydrogens is 204 g/mol. The lowest BCUT2D eigenvalue weighted by Gasteiger charge is -2.08. The molecule has 1 aromatic heterocycles. The number of halogens is 1. The molecule has 1 aromatic rings. The zero-order valence-electron chi connectivity index (χ0n) is 7.95. The highest BCUT2D eigenvalue weighted by Crippen LogP contribution is 2.00. The van der Waals surface area contributed by atoms with Crippen molar-refractivity contribution < 1.29 is 0 Å². The lowest BCUT2D eigenvalue weighted by molar-refractivity contribution is 0.560. The van der Waals surface area contributed by atoms with Crippen LogP contribution in [-0.2, 0) is 0 Å². The third-order valence-corrected chi connectivity index (χ3v) is 1.92. The second kappa shape index (κ2) is 4.28. The standard InChI is InChI=1S/C9H11ClN2O2/c1-6(2)12-5-7(3-4-10)8(13)11-9(12)14/h3-6H,1-2H3,(H,11,13,14)/b4-3+. The molecule has 0 saturated heterocycles. The van der Waals surface area contributed by atoms with Gasteiger partial charge in [-0.25, -0.2) is 4.79 Å². The van der Waals surface area contributed by atoms with Crippen molar-refractivity contribution in [3.05, 3.63) is 38.1 Å². The predicted molar refractivity (Wildman–Crippen MR) is 56.6 cm³/mol. The van der Waals surface area contributed by atoms with Gasteiger partial charge < -0.3 is 0 Å². The summed E-state index contributed by atoms with van der Waals surface area (Å²) >= 11 is 5.36. The van der Waals surface area contributed by atoms with Crippen molar-refractivity contribution in [2.24, 2.45) is 0 Å². The summed E-state index contributed by atoms with van der Waals surface area (Å²) in [6.07, 6.45) is 2.93. The molecule has 5 heteroatoms. The molecule has 4 nitrogen and oxygen atoms in total. The van der Waals surface area contributed by atoms with Crippen molar-refractivity contribution >= 4 is 17.7 Å². The van der Waals surface area contributed by atoms with E-state index in [1.54, 1.807) is 0 Å². The van der Waals surface area contributed by atoms with Crippen LogP contribution in [0.3, 0.4) is 0 Å². The van der Waals surface area contributed by atoms with Gasteiger partial charge in [0.1, 0.15) is 0 Å². The van der Waals surface area contributed by atoms with E-state index in [2.05, 4.69) is 4.98 Å². The van der Waals surface area contributed by atoms with E-state index in [-0.39, 0.29) is 6.04 Å². The topological polar surface area (TPSA) is 54.9 Å². The number of H-pyrrole nitrogens is 1. The average Bonchev–Trinajstić information content (AvgIpc) is 2.09. The highest BCUT2D eigenvalue weighted by molar-refractivity contribution is 6.27. The molecule has 0 aromatic carbocycles. The average molecular weight is 215 g/mol. The highest BCUT2D eigenvalue weighted by atomic mass is 35.5. The van der Waals surface area contributed by atoms with Gasteiger partial charge in [0.05, 0.1) is 5.56 Å². The van der Waals surface area contributed by atoms with Crippen LogP contribution in [0.25, 0.3) is 6.08 Å². The molecule has 0 unspecified atom stereocenters. The molecule has 0 spiro atoms. The molecule has 0 aliphatic heterocycles. The summed E-state index contributed by atoms with van der Waals surface area (Å²) in [5.41, 5.74) is 0.772. The quantitative estimate of drug-likeness (QED) is 0.808. The van der Waals surface area contributed by atoms with E-state index in [0.29, 0.717) is 5.56 Å². The normalized spacial score (nSPS) is 11.4. The molecule has 0 amide bonds. The van der Waals surface area contributed by atoms with Gasteiger partial charge in [-0.15, -0.1) is 0 Å². The molecule has 14 heavy (non-hydrogen) atoms. The van der Waals surface area contributed by atoms with Crippen LogP contribution in [0.5, 0.6) is 0 Å². The van der Waals surface area contributed by atoms with Crippen LogP contribution >= 0.6 is 11.6 Å². The first-order valence-corrected chi connectivity index (χ1v) is 4.62. The Kier molecular flexibility index (Phi) is 3.30. The summed E-state index contributed by atoms with van der Waals surface area (Å²) in [5.74, 6) is 0. The van der Waals surface area contributed by atoms with E-state index in [1.165, 1.54) is 22.4 Å². The Balaban J connectivity index is 3.42. The highest BCUT2D eigenvalue weighted by Gasteiger charge is 2.04. The summed E-state index contributed by atoms with van der Waals surface area (Å²) in [6, 6.07) is 0.00169. The van der Waals surface area contributed by atoms with Crippen LogP contribution in [0, 0.1) is 0 Å². The third-order valence-electron chi connectivity index (χ3n) is 1.79. The van der Waals surface area contributed by atoms with Crippen molar-refractivity contribution in [3.63, 3.8) is 0 Å². The zero-order chi connectivity index (χ0) is 10.7. The molecule has 0 radical (unpaired) electrons. The van der Waals surface area contributed by atoms with E-state index >= 15 is 0 Å². The first-order valence-electron chi connectivity index (χ1n) is 4.18. The van der Waals surface area contributed by atoms with Gasteiger partial charge in [0.2, 0.25) is 0 Å². The maximum absolute atomic E-state index is 11.3. The largest absolute Gasteiger partial charge is 0.328 e. The zero-order valence-corrected chi connectivity index (χ0v) is 8.71. The van der Waals surface area contributed by atoms with Gasteiger partial charge in [-0.3, -0.25) is 14.3 Å². The molecule has 0 aliphatic rings. The van der Waals surface area contributed by atoms with Gasteiger partial charge in [-0.05, 0) is 19.9 Å². The summed E-state index contributed by atoms with van der Waals surface area (Å²) in [6.45, 7) is 3.71. The minimum absolute atomic E-state index is 0.00169. The third kappa shape index (κ3) is 2.14. The fourth-order valence-corrected chi connectivity index (χ4v) is 1.21. The number of aromatic nitrogens is 2. The SMILES string of the molecule is CC(C)n1cc(/C=C/Cl)c(=O)[nH]c1=O. The maximum atomic E-state index is 11.3. The molecule has 0 fully saturated rings. The Morgan fingerprint density at radius 1 is 1.50 bits per heavy atom. The fraction of sp³-hybridized carbons (Fsp3) is 0.333. The van der Waals surface area contributed by atoms with Crippen molar-refractivity contribution in [3.8, 4) is 0 Å². The molecular formula is C9H11ClN2O2. The summed E-state index contributed by atoms with van der Waals surface area (Å²) in [5, 5.41) is 0. The van der Waals surface area contributed by atoms with E-state index in [4.69, 9.17) is 11.6 Å². The van der Waals surface area contributed by atoms with Crippen LogP contribution in [0.2, 0.25) is 0 Å². The first kappa shape index (κ1) is 10.8. The lowest BCUT2D eigenvalue weighted by Crippen LogP contribution is -2.31. The summed E-state index contributed by atoms with van der Waals surface area (Å²) in [4.78, 5) is 24.7. The number of nitrogens with one attached hydrogen (secondary N) is 1. The van der Waals surface area contributed by atoms with E-state index in [0.717, 1.165) is 0 Å². The molecule has 0 atom stereocenters. The Morgan fingerprint density at radius 2 is 2.14 bits per heavy atom. The smallest absolute Gasteiger partial charge is 0.297 e. The van der Waals surface area contributed by atoms with Gasteiger partial charge in [0, 0.05) is 17.8 Å². The minimum atomic E-state index is -0.427. The van der Waals surface area contributed by atoms with Gasteiger partial charge in [0.25, 0.3) is 5.56 Å². The van der Waals surface area contributed by atoms with E-state index < -0.39 is 11.2 Å². The Labute approximate surface area is 85.8 Å². The van der Waals surface area contributed by atoms with Crippen molar-refractivity contribution in [2.75, 3.05) is 0 Å². The van der Waals surface area contributed by atoms with Gasteiger partial charge >= 0.3 is 5.69 Å². The summed E-state index contributed by atoms with van der Waals surface area (Å²) < 4.78 is 1.44. The molecule has 1 rings (SSSR count). The molecule has 1 N–H and O–H groups in total.